The standard InChI is InChI=1S/C23H35NO2/c25-23(17-26-16-22-14-20-6-7-21(22)13-20)15-24-10-8-19(9-11-24)12-18-4-2-1-3-5-18/h1-5,19-23,25H,6-17H2/t20-,21-,22-,23-/m0/s1. The minimum Gasteiger partial charge on any atom is -0.389 e. The Labute approximate surface area is 158 Å². The maximum atomic E-state index is 10.3. The number of aliphatic hydroxyl groups is 1. The second-order valence-electron chi connectivity index (χ2n) is 9.06. The number of aliphatic hydroxyl groups excluding tert-OH is 1. The van der Waals surface area contributed by atoms with Crippen molar-refractivity contribution in [2.45, 2.75) is 51.0 Å². The Morgan fingerprint density at radius 2 is 1.85 bits per heavy atom. The molecule has 1 aliphatic heterocycles. The van der Waals surface area contributed by atoms with Gasteiger partial charge in [-0.25, -0.2) is 0 Å². The molecule has 2 bridgehead atoms. The summed E-state index contributed by atoms with van der Waals surface area (Å²) in [7, 11) is 0. The van der Waals surface area contributed by atoms with Crippen LogP contribution < -0.4 is 0 Å². The third kappa shape index (κ3) is 4.88. The van der Waals surface area contributed by atoms with E-state index in [2.05, 4.69) is 35.2 Å². The fourth-order valence-electron chi connectivity index (χ4n) is 5.61. The van der Waals surface area contributed by atoms with Crippen LogP contribution in [0.5, 0.6) is 0 Å². The number of β-amino-alcohol motifs (C(OH)–C–C–N with tert-alkyl or cyclic N) is 1. The van der Waals surface area contributed by atoms with Gasteiger partial charge in [-0.2, -0.15) is 0 Å². The van der Waals surface area contributed by atoms with Crippen LogP contribution in [0.2, 0.25) is 0 Å². The summed E-state index contributed by atoms with van der Waals surface area (Å²) < 4.78 is 5.90. The number of hydrogen-bond donors (Lipinski definition) is 1. The molecular formula is C23H35NO2. The van der Waals surface area contributed by atoms with Gasteiger partial charge in [0.2, 0.25) is 0 Å². The highest BCUT2D eigenvalue weighted by Gasteiger charge is 2.39. The van der Waals surface area contributed by atoms with Crippen molar-refractivity contribution in [2.75, 3.05) is 32.8 Å². The summed E-state index contributed by atoms with van der Waals surface area (Å²) in [6, 6.07) is 10.8. The predicted octanol–water partition coefficient (Wildman–Crippen LogP) is 3.75. The Kier molecular flexibility index (Phi) is 6.29. The van der Waals surface area contributed by atoms with Crippen molar-refractivity contribution in [3.8, 4) is 0 Å². The zero-order valence-electron chi connectivity index (χ0n) is 16.1. The molecule has 3 heteroatoms. The van der Waals surface area contributed by atoms with Gasteiger partial charge < -0.3 is 14.7 Å². The van der Waals surface area contributed by atoms with Crippen LogP contribution in [0.3, 0.4) is 0 Å². The fourth-order valence-corrected chi connectivity index (χ4v) is 5.61. The number of benzene rings is 1. The number of nitrogens with zero attached hydrogens (tertiary/aromatic N) is 1. The summed E-state index contributed by atoms with van der Waals surface area (Å²) in [6.07, 6.45) is 9.03. The molecule has 3 nitrogen and oxygen atoms in total. The van der Waals surface area contributed by atoms with E-state index in [-0.39, 0.29) is 6.10 Å². The lowest BCUT2D eigenvalue weighted by Gasteiger charge is -2.33. The van der Waals surface area contributed by atoms with E-state index in [9.17, 15) is 5.11 Å². The Bertz CT molecular complexity index is 540. The molecule has 0 radical (unpaired) electrons. The molecule has 1 aromatic rings. The van der Waals surface area contributed by atoms with Crippen molar-refractivity contribution in [1.29, 1.82) is 0 Å². The van der Waals surface area contributed by atoms with Gasteiger partial charge in [-0.05, 0) is 80.8 Å². The number of piperidine rings is 1. The second kappa shape index (κ2) is 8.86. The number of rotatable bonds is 8. The fraction of sp³-hybridized carbons (Fsp3) is 0.739. The molecule has 1 saturated heterocycles. The molecule has 3 fully saturated rings. The van der Waals surface area contributed by atoms with Gasteiger partial charge in [-0.15, -0.1) is 0 Å². The normalized spacial score (nSPS) is 30.7. The highest BCUT2D eigenvalue weighted by Crippen LogP contribution is 2.48. The van der Waals surface area contributed by atoms with Gasteiger partial charge in [0.25, 0.3) is 0 Å². The lowest BCUT2D eigenvalue weighted by Crippen LogP contribution is -2.40. The van der Waals surface area contributed by atoms with Crippen molar-refractivity contribution in [3.05, 3.63) is 35.9 Å². The first-order valence-electron chi connectivity index (χ1n) is 10.8. The van der Waals surface area contributed by atoms with Gasteiger partial charge >= 0.3 is 0 Å². The minimum atomic E-state index is -0.334. The summed E-state index contributed by atoms with van der Waals surface area (Å²) in [5.41, 5.74) is 1.46. The molecule has 4 atom stereocenters. The van der Waals surface area contributed by atoms with Gasteiger partial charge in [0.1, 0.15) is 0 Å². The maximum Gasteiger partial charge on any atom is 0.0900 e. The molecule has 0 spiro atoms. The molecule has 0 unspecified atom stereocenters. The molecule has 4 rings (SSSR count). The van der Waals surface area contributed by atoms with E-state index in [1.807, 2.05) is 0 Å². The molecular weight excluding hydrogens is 322 g/mol. The number of fused-ring (bicyclic) bond motifs is 2. The van der Waals surface area contributed by atoms with E-state index >= 15 is 0 Å². The van der Waals surface area contributed by atoms with Crippen LogP contribution in [0.15, 0.2) is 30.3 Å². The first kappa shape index (κ1) is 18.5. The van der Waals surface area contributed by atoms with Crippen LogP contribution in [0.1, 0.15) is 44.1 Å². The molecule has 1 aromatic carbocycles. The number of ether oxygens (including phenoxy) is 1. The van der Waals surface area contributed by atoms with E-state index in [0.717, 1.165) is 49.9 Å². The molecule has 26 heavy (non-hydrogen) atoms. The molecule has 2 aliphatic carbocycles. The van der Waals surface area contributed by atoms with Gasteiger partial charge in [0, 0.05) is 13.2 Å². The van der Waals surface area contributed by atoms with Crippen LogP contribution in [0.4, 0.5) is 0 Å². The summed E-state index contributed by atoms with van der Waals surface area (Å²) in [4.78, 5) is 2.42. The first-order chi connectivity index (χ1) is 12.8. The first-order valence-corrected chi connectivity index (χ1v) is 10.8. The zero-order valence-corrected chi connectivity index (χ0v) is 16.1. The number of hydrogen-bond acceptors (Lipinski definition) is 3. The lowest BCUT2D eigenvalue weighted by molar-refractivity contribution is -0.00629. The monoisotopic (exact) mass is 357 g/mol. The summed E-state index contributed by atoms with van der Waals surface area (Å²) in [6.45, 7) is 4.38. The van der Waals surface area contributed by atoms with E-state index in [1.54, 1.807) is 0 Å². The molecule has 2 saturated carbocycles. The van der Waals surface area contributed by atoms with Gasteiger partial charge in [0.15, 0.2) is 0 Å². The molecule has 144 valence electrons. The van der Waals surface area contributed by atoms with E-state index in [1.165, 1.54) is 50.5 Å². The highest BCUT2D eigenvalue weighted by molar-refractivity contribution is 5.15. The van der Waals surface area contributed by atoms with Crippen molar-refractivity contribution < 1.29 is 9.84 Å². The average molecular weight is 358 g/mol. The van der Waals surface area contributed by atoms with Crippen LogP contribution in [-0.2, 0) is 11.2 Å². The van der Waals surface area contributed by atoms with Crippen LogP contribution >= 0.6 is 0 Å². The summed E-state index contributed by atoms with van der Waals surface area (Å²) >= 11 is 0. The van der Waals surface area contributed by atoms with Crippen LogP contribution in [0, 0.1) is 23.7 Å². The van der Waals surface area contributed by atoms with Gasteiger partial charge in [-0.1, -0.05) is 36.8 Å². The van der Waals surface area contributed by atoms with Crippen molar-refractivity contribution in [3.63, 3.8) is 0 Å². The van der Waals surface area contributed by atoms with Gasteiger partial charge in [-0.3, -0.25) is 0 Å². The quantitative estimate of drug-likeness (QED) is 0.769. The summed E-state index contributed by atoms with van der Waals surface area (Å²) in [5, 5.41) is 10.3. The summed E-state index contributed by atoms with van der Waals surface area (Å²) in [5.74, 6) is 3.46. The van der Waals surface area contributed by atoms with E-state index in [4.69, 9.17) is 4.74 Å². The zero-order chi connectivity index (χ0) is 17.8. The molecule has 3 aliphatic rings. The SMILES string of the molecule is O[C@H](COC[C@@H]1C[C@H]2CC[C@H]1C2)CN1CCC(Cc2ccccc2)CC1. The number of likely N-dealkylation sites (tertiary alicyclic amines) is 1. The van der Waals surface area contributed by atoms with Crippen LogP contribution in [0.25, 0.3) is 0 Å². The third-order valence-corrected chi connectivity index (χ3v) is 7.07. The Morgan fingerprint density at radius 3 is 2.54 bits per heavy atom. The highest BCUT2D eigenvalue weighted by atomic mass is 16.5. The molecule has 0 amide bonds. The smallest absolute Gasteiger partial charge is 0.0900 e. The van der Waals surface area contributed by atoms with Crippen molar-refractivity contribution in [1.82, 2.24) is 4.90 Å². The maximum absolute atomic E-state index is 10.3. The Morgan fingerprint density at radius 1 is 1.04 bits per heavy atom. The van der Waals surface area contributed by atoms with Crippen molar-refractivity contribution >= 4 is 0 Å². The minimum absolute atomic E-state index is 0.334. The topological polar surface area (TPSA) is 32.7 Å². The Balaban J connectivity index is 1.10. The predicted molar refractivity (Wildman–Crippen MR) is 105 cm³/mol. The van der Waals surface area contributed by atoms with E-state index in [0.29, 0.717) is 6.61 Å². The van der Waals surface area contributed by atoms with Crippen LogP contribution in [-0.4, -0.2) is 49.0 Å². The Hall–Kier alpha value is -0.900. The molecule has 1 heterocycles. The van der Waals surface area contributed by atoms with E-state index < -0.39 is 0 Å². The molecule has 0 aromatic heterocycles. The van der Waals surface area contributed by atoms with Crippen molar-refractivity contribution in [2.24, 2.45) is 23.7 Å². The second-order valence-corrected chi connectivity index (χ2v) is 9.06. The average Bonchev–Trinajstić information content (AvgIpc) is 3.27. The largest absolute Gasteiger partial charge is 0.389 e. The third-order valence-electron chi connectivity index (χ3n) is 7.07. The van der Waals surface area contributed by atoms with Gasteiger partial charge in [0.05, 0.1) is 12.7 Å². The molecule has 1 N–H and O–H groups in total. The lowest BCUT2D eigenvalue weighted by atomic mass is 9.89.